The molecule has 1 aliphatic rings. The lowest BCUT2D eigenvalue weighted by atomic mass is 10.1. The highest BCUT2D eigenvalue weighted by atomic mass is 16.5. The van der Waals surface area contributed by atoms with Crippen molar-refractivity contribution in [1.82, 2.24) is 50.0 Å². The van der Waals surface area contributed by atoms with E-state index >= 15 is 0 Å². The summed E-state index contributed by atoms with van der Waals surface area (Å²) in [4.78, 5) is 26.1. The van der Waals surface area contributed by atoms with Crippen molar-refractivity contribution in [2.75, 3.05) is 13.1 Å². The summed E-state index contributed by atoms with van der Waals surface area (Å²) in [5.74, 6) is 1.38. The second kappa shape index (κ2) is 8.79. The highest BCUT2D eigenvalue weighted by Gasteiger charge is 2.18. The Bertz CT molecular complexity index is 1730. The first-order chi connectivity index (χ1) is 18.2. The van der Waals surface area contributed by atoms with Gasteiger partial charge in [0.1, 0.15) is 23.1 Å². The molecule has 0 saturated carbocycles. The molecule has 0 radical (unpaired) electrons. The second-order valence-electron chi connectivity index (χ2n) is 9.20. The molecule has 11 nitrogen and oxygen atoms in total. The monoisotopic (exact) mass is 492 g/mol. The summed E-state index contributed by atoms with van der Waals surface area (Å²) in [5.41, 5.74) is 6.41. The Balaban J connectivity index is 1.26. The molecule has 6 aromatic heterocycles. The first-order valence-electron chi connectivity index (χ1n) is 12.2. The molecule has 0 atom stereocenters. The van der Waals surface area contributed by atoms with Gasteiger partial charge in [-0.3, -0.25) is 15.1 Å². The number of imidazole rings is 2. The van der Waals surface area contributed by atoms with Crippen LogP contribution in [0.15, 0.2) is 55.5 Å². The fourth-order valence-electron chi connectivity index (χ4n) is 4.76. The average molecular weight is 493 g/mol. The Morgan fingerprint density at radius 1 is 1.05 bits per heavy atom. The lowest BCUT2D eigenvalue weighted by molar-refractivity contribution is 0.162. The summed E-state index contributed by atoms with van der Waals surface area (Å²) in [6.45, 7) is 3.90. The molecule has 0 aromatic carbocycles. The molecule has 7 rings (SSSR count). The Kier molecular flexibility index (Phi) is 5.14. The van der Waals surface area contributed by atoms with E-state index in [2.05, 4.69) is 40.4 Å². The van der Waals surface area contributed by atoms with Crippen molar-refractivity contribution in [3.05, 3.63) is 61.2 Å². The van der Waals surface area contributed by atoms with Crippen LogP contribution in [0.2, 0.25) is 0 Å². The maximum absolute atomic E-state index is 6.19. The molecule has 0 amide bonds. The van der Waals surface area contributed by atoms with Gasteiger partial charge in [0.25, 0.3) is 0 Å². The van der Waals surface area contributed by atoms with Gasteiger partial charge in [-0.1, -0.05) is 0 Å². The molecule has 184 valence electrons. The van der Waals surface area contributed by atoms with E-state index in [1.54, 1.807) is 31.1 Å². The van der Waals surface area contributed by atoms with Crippen molar-refractivity contribution in [2.24, 2.45) is 0 Å². The number of H-pyrrole nitrogens is 2. The maximum atomic E-state index is 6.19. The van der Waals surface area contributed by atoms with Crippen LogP contribution in [0.5, 0.6) is 5.75 Å². The van der Waals surface area contributed by atoms with Crippen LogP contribution in [0.1, 0.15) is 18.5 Å². The number of piperidine rings is 1. The van der Waals surface area contributed by atoms with Crippen molar-refractivity contribution in [3.8, 4) is 34.2 Å². The third-order valence-electron chi connectivity index (χ3n) is 6.62. The molecular weight excluding hydrogens is 468 g/mol. The van der Waals surface area contributed by atoms with Crippen molar-refractivity contribution in [1.29, 1.82) is 0 Å². The fourth-order valence-corrected chi connectivity index (χ4v) is 4.76. The molecule has 0 bridgehead atoms. The number of ether oxygens (including phenoxy) is 1. The molecule has 37 heavy (non-hydrogen) atoms. The summed E-state index contributed by atoms with van der Waals surface area (Å²) >= 11 is 0. The normalized spacial score (nSPS) is 14.5. The predicted octanol–water partition coefficient (Wildman–Crippen LogP) is 3.58. The van der Waals surface area contributed by atoms with Crippen LogP contribution in [-0.2, 0) is 0 Å². The third-order valence-corrected chi connectivity index (χ3v) is 6.62. The van der Waals surface area contributed by atoms with Gasteiger partial charge in [-0.25, -0.2) is 15.0 Å². The Morgan fingerprint density at radius 2 is 1.97 bits per heavy atom. The topological polar surface area (TPSA) is 135 Å². The van der Waals surface area contributed by atoms with Gasteiger partial charge in [0.2, 0.25) is 0 Å². The van der Waals surface area contributed by atoms with Crippen LogP contribution in [0.25, 0.3) is 50.5 Å². The van der Waals surface area contributed by atoms with E-state index in [4.69, 9.17) is 9.72 Å². The largest absolute Gasteiger partial charge is 0.489 e. The molecule has 7 heterocycles. The van der Waals surface area contributed by atoms with Gasteiger partial charge >= 0.3 is 0 Å². The molecule has 1 saturated heterocycles. The predicted molar refractivity (Wildman–Crippen MR) is 138 cm³/mol. The zero-order chi connectivity index (χ0) is 24.8. The number of rotatable bonds is 5. The van der Waals surface area contributed by atoms with E-state index in [0.29, 0.717) is 17.2 Å². The van der Waals surface area contributed by atoms with Crippen molar-refractivity contribution in [3.63, 3.8) is 0 Å². The summed E-state index contributed by atoms with van der Waals surface area (Å²) < 4.78 is 8.13. The molecule has 3 N–H and O–H groups in total. The smallest absolute Gasteiger partial charge is 0.161 e. The maximum Gasteiger partial charge on any atom is 0.161 e. The number of hydrogen-bond acceptors (Lipinski definition) is 8. The Hall–Kier alpha value is -4.64. The number of hydrogen-bond donors (Lipinski definition) is 3. The van der Waals surface area contributed by atoms with Gasteiger partial charge < -0.3 is 19.6 Å². The highest BCUT2D eigenvalue weighted by Crippen LogP contribution is 2.31. The minimum atomic E-state index is 0.201. The van der Waals surface area contributed by atoms with Gasteiger partial charge in [0.05, 0.1) is 41.3 Å². The number of aromatic amines is 2. The van der Waals surface area contributed by atoms with Crippen molar-refractivity contribution < 1.29 is 4.74 Å². The van der Waals surface area contributed by atoms with Gasteiger partial charge in [-0.05, 0) is 51.1 Å². The summed E-state index contributed by atoms with van der Waals surface area (Å²) in [5, 5.41) is 11.9. The molecule has 11 heteroatoms. The van der Waals surface area contributed by atoms with E-state index in [1.165, 1.54) is 0 Å². The lowest BCUT2D eigenvalue weighted by Crippen LogP contribution is -2.34. The van der Waals surface area contributed by atoms with Crippen LogP contribution in [-0.4, -0.2) is 63.9 Å². The minimum absolute atomic E-state index is 0.201. The van der Waals surface area contributed by atoms with Gasteiger partial charge in [-0.2, -0.15) is 5.10 Å². The van der Waals surface area contributed by atoms with Gasteiger partial charge in [0.15, 0.2) is 11.5 Å². The molecule has 1 aliphatic heterocycles. The van der Waals surface area contributed by atoms with E-state index in [-0.39, 0.29) is 6.10 Å². The number of nitrogens with one attached hydrogen (secondary N) is 3. The quantitative estimate of drug-likeness (QED) is 0.332. The molecule has 1 fully saturated rings. The molecular formula is C26H24N10O. The van der Waals surface area contributed by atoms with Gasteiger partial charge in [-0.15, -0.1) is 0 Å². The SMILES string of the molecule is Cc1cn(-c2ccnc3[nH]c(-c4n[nH]c5cnc(-c6cncc(OC7CCNCC7)c6)cc45)nc23)cn1. The van der Waals surface area contributed by atoms with Crippen LogP contribution in [0.4, 0.5) is 0 Å². The standard InChI is InChI=1S/C26H24N10O/c1-15-13-36(14-31-15)22-4-7-29-25-24(22)32-26(33-25)23-19-9-20(30-12-21(19)34-35-23)16-8-18(11-28-10-16)37-17-2-5-27-6-3-17/h4,7-14,17,27H,2-3,5-6H2,1H3,(H,34,35)(H,29,32,33). The van der Waals surface area contributed by atoms with Crippen LogP contribution in [0, 0.1) is 6.92 Å². The van der Waals surface area contributed by atoms with Crippen LogP contribution >= 0.6 is 0 Å². The molecule has 0 unspecified atom stereocenters. The first kappa shape index (κ1) is 21.6. The number of pyridine rings is 3. The van der Waals surface area contributed by atoms with E-state index in [1.807, 2.05) is 35.9 Å². The van der Waals surface area contributed by atoms with E-state index < -0.39 is 0 Å². The number of fused-ring (bicyclic) bond motifs is 2. The fraction of sp³-hybridized carbons (Fsp3) is 0.231. The summed E-state index contributed by atoms with van der Waals surface area (Å²) in [7, 11) is 0. The van der Waals surface area contributed by atoms with E-state index in [0.717, 1.165) is 70.7 Å². The molecule has 6 aromatic rings. The Labute approximate surface area is 211 Å². The summed E-state index contributed by atoms with van der Waals surface area (Å²) in [6, 6.07) is 5.92. The molecule has 0 spiro atoms. The minimum Gasteiger partial charge on any atom is -0.489 e. The third kappa shape index (κ3) is 3.99. The zero-order valence-corrected chi connectivity index (χ0v) is 20.1. The van der Waals surface area contributed by atoms with E-state index in [9.17, 15) is 0 Å². The zero-order valence-electron chi connectivity index (χ0n) is 20.1. The number of aryl methyl sites for hydroxylation is 1. The second-order valence-corrected chi connectivity index (χ2v) is 9.20. The number of nitrogens with zero attached hydrogens (tertiary/aromatic N) is 7. The van der Waals surface area contributed by atoms with Crippen LogP contribution in [0.3, 0.4) is 0 Å². The molecule has 0 aliphatic carbocycles. The lowest BCUT2D eigenvalue weighted by Gasteiger charge is -2.23. The number of aromatic nitrogens is 9. The first-order valence-corrected chi connectivity index (χ1v) is 12.2. The van der Waals surface area contributed by atoms with Gasteiger partial charge in [0, 0.05) is 29.5 Å². The Morgan fingerprint density at radius 3 is 2.84 bits per heavy atom. The average Bonchev–Trinajstić information content (AvgIpc) is 3.66. The summed E-state index contributed by atoms with van der Waals surface area (Å²) in [6.07, 6.45) is 13.0. The van der Waals surface area contributed by atoms with Crippen molar-refractivity contribution >= 4 is 22.1 Å². The van der Waals surface area contributed by atoms with Crippen LogP contribution < -0.4 is 10.1 Å². The van der Waals surface area contributed by atoms with Crippen molar-refractivity contribution in [2.45, 2.75) is 25.9 Å². The highest BCUT2D eigenvalue weighted by molar-refractivity contribution is 5.95.